The van der Waals surface area contributed by atoms with E-state index in [0.29, 0.717) is 12.4 Å². The second-order valence-electron chi connectivity index (χ2n) is 6.05. The van der Waals surface area contributed by atoms with E-state index in [9.17, 15) is 0 Å². The lowest BCUT2D eigenvalue weighted by Gasteiger charge is -2.14. The molecule has 3 rings (SSSR count). The number of nitrogens with two attached hydrogens (primary N) is 1. The molecule has 0 spiro atoms. The Hall–Kier alpha value is -1.32. The summed E-state index contributed by atoms with van der Waals surface area (Å²) in [6.45, 7) is 7.00. The van der Waals surface area contributed by atoms with Crippen molar-refractivity contribution < 1.29 is 0 Å². The third-order valence-corrected chi connectivity index (χ3v) is 5.49. The topological polar surface area (TPSA) is 89.1 Å². The summed E-state index contributed by atoms with van der Waals surface area (Å²) in [4.78, 5) is 15.2. The number of hydrogen-bond donors (Lipinski definition) is 2. The molecule has 0 aliphatic rings. The van der Waals surface area contributed by atoms with Gasteiger partial charge in [0, 0.05) is 16.8 Å². The average molecular weight is 419 g/mol. The van der Waals surface area contributed by atoms with Crippen LogP contribution in [0.5, 0.6) is 0 Å². The summed E-state index contributed by atoms with van der Waals surface area (Å²) in [6, 6.07) is 2.13. The first-order valence-electron chi connectivity index (χ1n) is 7.16. The highest BCUT2D eigenvalue weighted by Gasteiger charge is 2.18. The summed E-state index contributed by atoms with van der Waals surface area (Å²) >= 11 is 3.20. The first-order chi connectivity index (χ1) is 11.0. The van der Waals surface area contributed by atoms with Gasteiger partial charge in [0.1, 0.15) is 16.2 Å². The summed E-state index contributed by atoms with van der Waals surface area (Å²) in [6.07, 6.45) is 3.23. The van der Waals surface area contributed by atoms with Gasteiger partial charge in [0.25, 0.3) is 0 Å². The van der Waals surface area contributed by atoms with Gasteiger partial charge >= 0.3 is 0 Å². The lowest BCUT2D eigenvalue weighted by molar-refractivity contribution is 0.604. The molecule has 0 aromatic carbocycles. The zero-order valence-electron chi connectivity index (χ0n) is 14.0. The van der Waals surface area contributed by atoms with E-state index >= 15 is 0 Å². The Balaban J connectivity index is 0.00000156. The number of fused-ring (bicyclic) bond motifs is 1. The smallest absolute Gasteiger partial charge is 0.158 e. The molecule has 0 unspecified atom stereocenters. The second-order valence-corrected chi connectivity index (χ2v) is 7.97. The van der Waals surface area contributed by atoms with Gasteiger partial charge in [-0.1, -0.05) is 20.8 Å². The van der Waals surface area contributed by atoms with Crippen molar-refractivity contribution in [2.45, 2.75) is 32.7 Å². The van der Waals surface area contributed by atoms with Gasteiger partial charge in [-0.15, -0.1) is 47.5 Å². The maximum atomic E-state index is 5.55. The van der Waals surface area contributed by atoms with Crippen molar-refractivity contribution in [2.24, 2.45) is 10.8 Å². The maximum Gasteiger partial charge on any atom is 0.158 e. The van der Waals surface area contributed by atoms with Crippen molar-refractivity contribution in [3.63, 3.8) is 0 Å². The Labute approximate surface area is 166 Å². The van der Waals surface area contributed by atoms with Crippen molar-refractivity contribution in [1.82, 2.24) is 15.0 Å². The first-order valence-corrected chi connectivity index (χ1v) is 8.85. The highest BCUT2D eigenvalue weighted by molar-refractivity contribution is 7.18. The lowest BCUT2D eigenvalue weighted by atomic mass is 9.94. The summed E-state index contributed by atoms with van der Waals surface area (Å²) in [5.41, 5.74) is 9.50. The van der Waals surface area contributed by atoms with Crippen LogP contribution in [0.4, 0.5) is 5.82 Å². The molecule has 25 heavy (non-hydrogen) atoms. The van der Waals surface area contributed by atoms with E-state index in [-0.39, 0.29) is 30.2 Å². The van der Waals surface area contributed by atoms with Crippen LogP contribution in [0.15, 0.2) is 22.9 Å². The number of nitrogens with zero attached hydrogens (tertiary/aromatic N) is 4. The first kappa shape index (κ1) is 21.7. The van der Waals surface area contributed by atoms with Crippen LogP contribution >= 0.6 is 47.5 Å². The van der Waals surface area contributed by atoms with Gasteiger partial charge in [-0.2, -0.15) is 5.10 Å². The molecule has 0 saturated carbocycles. The maximum absolute atomic E-state index is 5.55. The number of anilines is 1. The fraction of sp³-hybridized carbons (Fsp3) is 0.333. The molecule has 0 aliphatic carbocycles. The van der Waals surface area contributed by atoms with Gasteiger partial charge in [0.2, 0.25) is 0 Å². The molecule has 0 fully saturated rings. The number of rotatable bonds is 4. The van der Waals surface area contributed by atoms with Crippen LogP contribution < -0.4 is 11.2 Å². The molecule has 0 saturated heterocycles. The van der Waals surface area contributed by atoms with Crippen LogP contribution in [0.25, 0.3) is 10.2 Å². The van der Waals surface area contributed by atoms with E-state index in [2.05, 4.69) is 52.3 Å². The van der Waals surface area contributed by atoms with Crippen LogP contribution in [0.1, 0.15) is 36.3 Å². The van der Waals surface area contributed by atoms with Crippen LogP contribution in [0, 0.1) is 0 Å². The summed E-state index contributed by atoms with van der Waals surface area (Å²) in [7, 11) is 0. The molecule has 3 aromatic rings. The highest BCUT2D eigenvalue weighted by Crippen LogP contribution is 2.35. The lowest BCUT2D eigenvalue weighted by Crippen LogP contribution is -2.07. The van der Waals surface area contributed by atoms with Gasteiger partial charge in [-0.3, -0.25) is 5.43 Å². The van der Waals surface area contributed by atoms with Crippen LogP contribution in [0.3, 0.4) is 0 Å². The monoisotopic (exact) mass is 418 g/mol. The molecule has 3 aromatic heterocycles. The Kier molecular flexibility index (Phi) is 7.70. The van der Waals surface area contributed by atoms with E-state index < -0.39 is 0 Å². The van der Waals surface area contributed by atoms with Crippen LogP contribution in [-0.2, 0) is 12.0 Å². The fourth-order valence-corrected chi connectivity index (χ4v) is 3.68. The second kappa shape index (κ2) is 8.86. The number of thiophene rings is 1. The molecule has 136 valence electrons. The minimum atomic E-state index is 0. The largest absolute Gasteiger partial charge is 0.325 e. The van der Waals surface area contributed by atoms with Gasteiger partial charge in [0.05, 0.1) is 17.3 Å². The number of nitrogens with one attached hydrogen (secondary N) is 1. The number of thiazole rings is 1. The van der Waals surface area contributed by atoms with E-state index in [0.717, 1.165) is 20.9 Å². The quantitative estimate of drug-likeness (QED) is 0.489. The molecule has 0 radical (unpaired) electrons. The Morgan fingerprint density at radius 2 is 2.04 bits per heavy atom. The molecular formula is C15H20Cl2N6S2. The third kappa shape index (κ3) is 5.08. The van der Waals surface area contributed by atoms with Crippen molar-refractivity contribution >= 4 is 69.7 Å². The van der Waals surface area contributed by atoms with Crippen LogP contribution in [0.2, 0.25) is 0 Å². The van der Waals surface area contributed by atoms with Crippen LogP contribution in [-0.4, -0.2) is 21.2 Å². The molecular weight excluding hydrogens is 399 g/mol. The number of hydrazone groups is 1. The molecule has 6 nitrogen and oxygen atoms in total. The molecule has 10 heteroatoms. The Morgan fingerprint density at radius 1 is 1.28 bits per heavy atom. The molecule has 0 atom stereocenters. The van der Waals surface area contributed by atoms with Gasteiger partial charge in [-0.05, 0) is 11.5 Å². The Morgan fingerprint density at radius 3 is 2.68 bits per heavy atom. The zero-order chi connectivity index (χ0) is 16.4. The minimum Gasteiger partial charge on any atom is -0.325 e. The van der Waals surface area contributed by atoms with E-state index in [1.807, 2.05) is 5.38 Å². The van der Waals surface area contributed by atoms with E-state index in [4.69, 9.17) is 5.73 Å². The number of halogens is 2. The van der Waals surface area contributed by atoms with Crippen molar-refractivity contribution in [3.05, 3.63) is 33.4 Å². The number of hydrogen-bond acceptors (Lipinski definition) is 8. The molecule has 3 N–H and O–H groups in total. The molecule has 3 heterocycles. The minimum absolute atomic E-state index is 0. The van der Waals surface area contributed by atoms with E-state index in [1.165, 1.54) is 16.2 Å². The van der Waals surface area contributed by atoms with E-state index in [1.54, 1.807) is 23.9 Å². The predicted octanol–water partition coefficient (Wildman–Crippen LogP) is 4.19. The average Bonchev–Trinajstić information content (AvgIpc) is 3.13. The Bertz CT molecular complexity index is 853. The molecule has 0 amide bonds. The summed E-state index contributed by atoms with van der Waals surface area (Å²) in [5, 5.41) is 7.95. The van der Waals surface area contributed by atoms with Gasteiger partial charge < -0.3 is 5.73 Å². The molecule has 0 aliphatic heterocycles. The standard InChI is InChI=1S/C15H18N6S2.2ClH/c1-15(2,3)11-4-10-13(17-8-18-14(10)23-11)21-19-6-12-20-9(5-16)7-22-12;;/h4,6-8H,5,16H2,1-3H3,(H,17,18,21);2*1H/b19-6+;;. The normalized spacial score (nSPS) is 11.4. The predicted molar refractivity (Wildman–Crippen MR) is 112 cm³/mol. The summed E-state index contributed by atoms with van der Waals surface area (Å²) < 4.78 is 0. The van der Waals surface area contributed by atoms with Crippen molar-refractivity contribution in [3.8, 4) is 0 Å². The zero-order valence-corrected chi connectivity index (χ0v) is 17.3. The number of aromatic nitrogens is 3. The SMILES string of the molecule is CC(C)(C)c1cc2c(N/N=C/c3nc(CN)cs3)ncnc2s1.Cl.Cl. The third-order valence-electron chi connectivity index (χ3n) is 3.19. The highest BCUT2D eigenvalue weighted by atomic mass is 35.5. The van der Waals surface area contributed by atoms with Crippen molar-refractivity contribution in [2.75, 3.05) is 5.43 Å². The van der Waals surface area contributed by atoms with Gasteiger partial charge in [0.15, 0.2) is 5.82 Å². The summed E-state index contributed by atoms with van der Waals surface area (Å²) in [5.74, 6) is 0.702. The van der Waals surface area contributed by atoms with Gasteiger partial charge in [-0.25, -0.2) is 15.0 Å². The van der Waals surface area contributed by atoms with Crippen molar-refractivity contribution in [1.29, 1.82) is 0 Å². The molecule has 0 bridgehead atoms. The fourth-order valence-electron chi connectivity index (χ4n) is 1.94.